The summed E-state index contributed by atoms with van der Waals surface area (Å²) >= 11 is 3.28. The first-order valence-corrected chi connectivity index (χ1v) is 6.92. The summed E-state index contributed by atoms with van der Waals surface area (Å²) < 4.78 is 0.869. The summed E-state index contributed by atoms with van der Waals surface area (Å²) in [5.41, 5.74) is 0.978. The maximum atomic E-state index is 11.7. The van der Waals surface area contributed by atoms with Crippen LogP contribution in [0.5, 0.6) is 0 Å². The number of amides is 1. The molecule has 0 aliphatic heterocycles. The van der Waals surface area contributed by atoms with Crippen LogP contribution in [0.4, 0.5) is 5.69 Å². The van der Waals surface area contributed by atoms with E-state index in [4.69, 9.17) is 0 Å². The molecule has 2 rings (SSSR count). The second-order valence-corrected chi connectivity index (χ2v) is 5.14. The number of ketones is 1. The first kappa shape index (κ1) is 15.0. The van der Waals surface area contributed by atoms with Gasteiger partial charge in [-0.15, -0.1) is 0 Å². The van der Waals surface area contributed by atoms with E-state index in [0.29, 0.717) is 11.3 Å². The van der Waals surface area contributed by atoms with Gasteiger partial charge in [-0.3, -0.25) is 9.59 Å². The normalized spacial score (nSPS) is 11.0. The Morgan fingerprint density at radius 1 is 1.00 bits per heavy atom. The Hall–Kier alpha value is -2.40. The quantitative estimate of drug-likeness (QED) is 0.505. The Morgan fingerprint density at radius 2 is 1.62 bits per heavy atom. The van der Waals surface area contributed by atoms with Crippen molar-refractivity contribution < 1.29 is 14.7 Å². The molecule has 0 heterocycles. The third-order valence-corrected chi connectivity index (χ3v) is 3.19. The molecule has 0 spiro atoms. The van der Waals surface area contributed by atoms with E-state index >= 15 is 0 Å². The topological polar surface area (TPSA) is 66.4 Å². The van der Waals surface area contributed by atoms with E-state index in [9.17, 15) is 14.7 Å². The molecule has 0 aliphatic carbocycles. The number of aliphatic hydroxyl groups is 1. The van der Waals surface area contributed by atoms with Crippen molar-refractivity contribution in [1.29, 1.82) is 0 Å². The Kier molecular flexibility index (Phi) is 4.90. The molecular formula is C16H12BrNO3. The summed E-state index contributed by atoms with van der Waals surface area (Å²) in [6.45, 7) is 0. The van der Waals surface area contributed by atoms with Gasteiger partial charge in [-0.1, -0.05) is 46.3 Å². The highest BCUT2D eigenvalue weighted by molar-refractivity contribution is 9.10. The summed E-state index contributed by atoms with van der Waals surface area (Å²) in [6, 6.07) is 15.4. The average Bonchev–Trinajstić information content (AvgIpc) is 2.50. The molecule has 0 unspecified atom stereocenters. The highest BCUT2D eigenvalue weighted by Crippen LogP contribution is 2.14. The van der Waals surface area contributed by atoms with Crippen LogP contribution in [-0.2, 0) is 9.59 Å². The molecule has 0 aliphatic rings. The number of aliphatic hydroxyl groups excluding tert-OH is 1. The Balaban J connectivity index is 2.06. The van der Waals surface area contributed by atoms with E-state index in [1.807, 2.05) is 0 Å². The Labute approximate surface area is 130 Å². The second-order valence-electron chi connectivity index (χ2n) is 4.22. The van der Waals surface area contributed by atoms with Crippen LogP contribution in [0.3, 0.4) is 0 Å². The summed E-state index contributed by atoms with van der Waals surface area (Å²) in [5, 5.41) is 12.3. The average molecular weight is 346 g/mol. The van der Waals surface area contributed by atoms with Crippen LogP contribution >= 0.6 is 15.9 Å². The van der Waals surface area contributed by atoms with Gasteiger partial charge in [0, 0.05) is 21.8 Å². The standard InChI is InChI=1S/C16H12BrNO3/c17-12-6-8-13(9-7-12)18-16(21)15(20)10-14(19)11-4-2-1-3-5-11/h1-10,19H,(H,18,21)/b14-10-. The van der Waals surface area contributed by atoms with Gasteiger partial charge in [0.1, 0.15) is 5.76 Å². The number of carbonyl (C=O) groups is 2. The summed E-state index contributed by atoms with van der Waals surface area (Å²) in [5.74, 6) is -1.87. The molecule has 2 aromatic rings. The first-order chi connectivity index (χ1) is 10.1. The smallest absolute Gasteiger partial charge is 0.296 e. The molecule has 0 aromatic heterocycles. The van der Waals surface area contributed by atoms with Crippen LogP contribution in [0, 0.1) is 0 Å². The molecule has 21 heavy (non-hydrogen) atoms. The summed E-state index contributed by atoms with van der Waals surface area (Å²) in [7, 11) is 0. The number of hydrogen-bond acceptors (Lipinski definition) is 3. The van der Waals surface area contributed by atoms with E-state index in [1.165, 1.54) is 0 Å². The van der Waals surface area contributed by atoms with Crippen molar-refractivity contribution in [2.45, 2.75) is 0 Å². The largest absolute Gasteiger partial charge is 0.507 e. The molecular weight excluding hydrogens is 334 g/mol. The number of rotatable bonds is 4. The molecule has 106 valence electrons. The SMILES string of the molecule is O=C(/C=C(\O)c1ccccc1)C(=O)Nc1ccc(Br)cc1. The number of benzene rings is 2. The van der Waals surface area contributed by atoms with Gasteiger partial charge in [0.2, 0.25) is 5.78 Å². The van der Waals surface area contributed by atoms with Crippen LogP contribution < -0.4 is 5.32 Å². The lowest BCUT2D eigenvalue weighted by atomic mass is 10.1. The minimum Gasteiger partial charge on any atom is -0.507 e. The summed E-state index contributed by atoms with van der Waals surface area (Å²) in [4.78, 5) is 23.5. The predicted octanol–water partition coefficient (Wildman–Crippen LogP) is 3.56. The fourth-order valence-electron chi connectivity index (χ4n) is 1.61. The van der Waals surface area contributed by atoms with Crippen LogP contribution in [0.15, 0.2) is 65.1 Å². The van der Waals surface area contributed by atoms with Crippen LogP contribution in [0.25, 0.3) is 5.76 Å². The molecule has 2 aromatic carbocycles. The molecule has 0 bridgehead atoms. The fraction of sp³-hybridized carbons (Fsp3) is 0. The van der Waals surface area contributed by atoms with Gasteiger partial charge in [-0.25, -0.2) is 0 Å². The van der Waals surface area contributed by atoms with Gasteiger partial charge >= 0.3 is 0 Å². The highest BCUT2D eigenvalue weighted by Gasteiger charge is 2.13. The molecule has 5 heteroatoms. The van der Waals surface area contributed by atoms with Crippen molar-refractivity contribution in [2.75, 3.05) is 5.32 Å². The number of anilines is 1. The van der Waals surface area contributed by atoms with Crippen LogP contribution in [-0.4, -0.2) is 16.8 Å². The van der Waals surface area contributed by atoms with Gasteiger partial charge in [0.25, 0.3) is 5.91 Å². The first-order valence-electron chi connectivity index (χ1n) is 6.13. The maximum absolute atomic E-state index is 11.7. The van der Waals surface area contributed by atoms with E-state index in [1.54, 1.807) is 54.6 Å². The van der Waals surface area contributed by atoms with E-state index < -0.39 is 11.7 Å². The minimum atomic E-state index is -0.820. The molecule has 0 saturated heterocycles. The van der Waals surface area contributed by atoms with Gasteiger partial charge in [-0.05, 0) is 24.3 Å². The van der Waals surface area contributed by atoms with Crippen LogP contribution in [0.1, 0.15) is 5.56 Å². The zero-order valence-electron chi connectivity index (χ0n) is 10.9. The van der Waals surface area contributed by atoms with Crippen molar-refractivity contribution in [3.63, 3.8) is 0 Å². The lowest BCUT2D eigenvalue weighted by molar-refractivity contribution is -0.131. The fourth-order valence-corrected chi connectivity index (χ4v) is 1.87. The Bertz CT molecular complexity index is 678. The lowest BCUT2D eigenvalue weighted by Gasteiger charge is -2.03. The number of carbonyl (C=O) groups excluding carboxylic acids is 2. The highest BCUT2D eigenvalue weighted by atomic mass is 79.9. The van der Waals surface area contributed by atoms with Crippen molar-refractivity contribution in [3.8, 4) is 0 Å². The zero-order valence-corrected chi connectivity index (χ0v) is 12.5. The molecule has 0 saturated carbocycles. The van der Waals surface area contributed by atoms with Gasteiger partial charge < -0.3 is 10.4 Å². The van der Waals surface area contributed by atoms with E-state index in [0.717, 1.165) is 10.5 Å². The molecule has 0 radical (unpaired) electrons. The monoisotopic (exact) mass is 345 g/mol. The van der Waals surface area contributed by atoms with E-state index in [2.05, 4.69) is 21.2 Å². The maximum Gasteiger partial charge on any atom is 0.296 e. The van der Waals surface area contributed by atoms with Crippen molar-refractivity contribution >= 4 is 39.1 Å². The van der Waals surface area contributed by atoms with Gasteiger partial charge in [-0.2, -0.15) is 0 Å². The second kappa shape index (κ2) is 6.85. The van der Waals surface area contributed by atoms with E-state index in [-0.39, 0.29) is 5.76 Å². The number of halogens is 1. The summed E-state index contributed by atoms with van der Waals surface area (Å²) in [6.07, 6.45) is 0.906. The van der Waals surface area contributed by atoms with Gasteiger partial charge in [0.05, 0.1) is 0 Å². The third kappa shape index (κ3) is 4.29. The molecule has 4 nitrogen and oxygen atoms in total. The molecule has 1 amide bonds. The third-order valence-electron chi connectivity index (χ3n) is 2.66. The van der Waals surface area contributed by atoms with Gasteiger partial charge in [0.15, 0.2) is 0 Å². The minimum absolute atomic E-state index is 0.244. The van der Waals surface area contributed by atoms with Crippen molar-refractivity contribution in [2.24, 2.45) is 0 Å². The Morgan fingerprint density at radius 3 is 2.24 bits per heavy atom. The predicted molar refractivity (Wildman–Crippen MR) is 84.8 cm³/mol. The molecule has 2 N–H and O–H groups in total. The molecule has 0 atom stereocenters. The number of nitrogens with one attached hydrogen (secondary N) is 1. The van der Waals surface area contributed by atoms with Crippen molar-refractivity contribution in [3.05, 3.63) is 70.7 Å². The number of hydrogen-bond donors (Lipinski definition) is 2. The van der Waals surface area contributed by atoms with Crippen LogP contribution in [0.2, 0.25) is 0 Å². The zero-order chi connectivity index (χ0) is 15.2. The van der Waals surface area contributed by atoms with Crippen molar-refractivity contribution in [1.82, 2.24) is 0 Å². The molecule has 0 fully saturated rings. The lowest BCUT2D eigenvalue weighted by Crippen LogP contribution is -2.21.